The number of likely N-dealkylation sites (tertiary alicyclic amines) is 1. The summed E-state index contributed by atoms with van der Waals surface area (Å²) in [6.45, 7) is 12.0. The quantitative estimate of drug-likeness (QED) is 0.147. The number of nitrogens with zero attached hydrogens (tertiary/aromatic N) is 3. The highest BCUT2D eigenvalue weighted by atomic mass is 35.5. The predicted molar refractivity (Wildman–Crippen MR) is 220 cm³/mol. The molecular formula is C44H56ClN3O9S. The molecule has 1 aromatic carbocycles. The summed E-state index contributed by atoms with van der Waals surface area (Å²) in [5.74, 6) is -1.73. The zero-order valence-electron chi connectivity index (χ0n) is 34.5. The number of methoxy groups -OCH3 is 1. The van der Waals surface area contributed by atoms with Gasteiger partial charge in [-0.25, -0.2) is 9.97 Å². The van der Waals surface area contributed by atoms with Gasteiger partial charge in [0.1, 0.15) is 28.7 Å². The van der Waals surface area contributed by atoms with E-state index in [0.717, 1.165) is 24.3 Å². The van der Waals surface area contributed by atoms with Gasteiger partial charge < -0.3 is 29.0 Å². The van der Waals surface area contributed by atoms with Crippen LogP contribution in [0.25, 0.3) is 22.3 Å². The molecule has 4 fully saturated rings. The number of fused-ring (bicyclic) bond motifs is 3. The molecule has 3 aromatic rings. The number of thiazole rings is 1. The normalized spacial score (nSPS) is 27.2. The fourth-order valence-electron chi connectivity index (χ4n) is 9.25. The largest absolute Gasteiger partial charge is 0.495 e. The Kier molecular flexibility index (Phi) is 12.2. The third-order valence-corrected chi connectivity index (χ3v) is 13.8. The van der Waals surface area contributed by atoms with Crippen LogP contribution in [-0.2, 0) is 35.1 Å². The number of carbonyl (C=O) groups excluding carboxylic acids is 3. The Morgan fingerprint density at radius 3 is 2.40 bits per heavy atom. The molecule has 3 unspecified atom stereocenters. The second-order valence-electron chi connectivity index (χ2n) is 18.3. The van der Waals surface area contributed by atoms with Crippen LogP contribution in [0, 0.1) is 28.6 Å². The average Bonchev–Trinajstić information content (AvgIpc) is 3.42. The summed E-state index contributed by atoms with van der Waals surface area (Å²) in [7, 11) is 1.53. The van der Waals surface area contributed by atoms with Crippen LogP contribution in [0.15, 0.2) is 23.6 Å². The Morgan fingerprint density at radius 1 is 1.05 bits per heavy atom. The third kappa shape index (κ3) is 8.73. The van der Waals surface area contributed by atoms with Gasteiger partial charge in [0.15, 0.2) is 5.78 Å². The van der Waals surface area contributed by atoms with Crippen molar-refractivity contribution in [3.63, 3.8) is 0 Å². The second-order valence-corrected chi connectivity index (χ2v) is 19.6. The Balaban J connectivity index is 1.19. The predicted octanol–water partition coefficient (Wildman–Crippen LogP) is 8.33. The number of rotatable bonds is 15. The fraction of sp³-hybridized carbons (Fsp3) is 0.636. The molecule has 1 aliphatic carbocycles. The van der Waals surface area contributed by atoms with Gasteiger partial charge in [0.25, 0.3) is 0 Å². The zero-order valence-corrected chi connectivity index (χ0v) is 36.1. The lowest BCUT2D eigenvalue weighted by Gasteiger charge is -2.35. The van der Waals surface area contributed by atoms with Gasteiger partial charge in [0.05, 0.1) is 71.6 Å². The van der Waals surface area contributed by atoms with Crippen molar-refractivity contribution in [3.05, 3.63) is 33.6 Å². The van der Waals surface area contributed by atoms with E-state index >= 15 is 0 Å². The molecule has 5 heterocycles. The zero-order chi connectivity index (χ0) is 41.7. The van der Waals surface area contributed by atoms with E-state index in [2.05, 4.69) is 13.8 Å². The molecule has 8 atom stereocenters. The van der Waals surface area contributed by atoms with E-state index < -0.39 is 40.8 Å². The number of ketones is 1. The number of hydrogen-bond acceptors (Lipinski definition) is 11. The number of carboxylic acid groups (broad SMARTS) is 1. The Labute approximate surface area is 349 Å². The van der Waals surface area contributed by atoms with Gasteiger partial charge >= 0.3 is 11.9 Å². The molecule has 12 nitrogen and oxygen atoms in total. The van der Waals surface area contributed by atoms with Crippen LogP contribution in [0.3, 0.4) is 0 Å². The number of carbonyl (C=O) groups is 4. The minimum atomic E-state index is -1.15. The topological polar surface area (TPSA) is 154 Å². The maximum absolute atomic E-state index is 14.9. The second kappa shape index (κ2) is 16.7. The standard InChI is InChI=1S/C44H56ClN3O9S/c1-8-24-19-44(24,42(52)53)20-34(49)33-16-28(21-48(33)41(51)30(43(4,5)6)17-38(50)57-27-14-25-9-10-26(15-27)55-25)56-36-18-31(32-22-58-37(46-32)13-23(2)3)47-40-29(36)11-12-35(54-7)39(40)45/h11-12,18,22-28,30,33H,8-10,13-17,19-21H2,1-7H3,(H,52,53)/t24?,25-,26+,27?,28?,30-,33+,44-/m1/s1. The lowest BCUT2D eigenvalue weighted by molar-refractivity contribution is -0.162. The van der Waals surface area contributed by atoms with Gasteiger partial charge in [-0.3, -0.25) is 19.2 Å². The van der Waals surface area contributed by atoms with Crippen LogP contribution >= 0.6 is 22.9 Å². The molecule has 314 valence electrons. The number of halogens is 1. The maximum Gasteiger partial charge on any atom is 0.310 e. The van der Waals surface area contributed by atoms with E-state index in [1.54, 1.807) is 17.4 Å². The van der Waals surface area contributed by atoms with E-state index in [1.807, 2.05) is 45.2 Å². The molecule has 2 aromatic heterocycles. The van der Waals surface area contributed by atoms with E-state index in [-0.39, 0.29) is 61.7 Å². The van der Waals surface area contributed by atoms with Crippen molar-refractivity contribution in [2.24, 2.45) is 28.6 Å². The number of amides is 1. The van der Waals surface area contributed by atoms with Crippen molar-refractivity contribution in [3.8, 4) is 22.9 Å². The van der Waals surface area contributed by atoms with Crippen molar-refractivity contribution in [2.75, 3.05) is 13.7 Å². The number of hydrogen-bond donors (Lipinski definition) is 1. The molecule has 4 aliphatic rings. The van der Waals surface area contributed by atoms with Gasteiger partial charge in [-0.15, -0.1) is 11.3 Å². The fourth-order valence-corrected chi connectivity index (χ4v) is 10.5. The summed E-state index contributed by atoms with van der Waals surface area (Å²) in [6, 6.07) is 4.42. The van der Waals surface area contributed by atoms with E-state index in [4.69, 9.17) is 40.5 Å². The molecule has 1 saturated carbocycles. The number of Topliss-reactive ketones (excluding diaryl/α,β-unsaturated/α-hetero) is 1. The summed E-state index contributed by atoms with van der Waals surface area (Å²) in [4.78, 5) is 66.6. The summed E-state index contributed by atoms with van der Waals surface area (Å²) in [5, 5.41) is 14.1. The highest BCUT2D eigenvalue weighted by Gasteiger charge is 2.61. The number of benzene rings is 1. The van der Waals surface area contributed by atoms with Crippen molar-refractivity contribution < 1.29 is 43.2 Å². The molecule has 7 rings (SSSR count). The molecule has 1 N–H and O–H groups in total. The molecule has 14 heteroatoms. The van der Waals surface area contributed by atoms with Crippen molar-refractivity contribution >= 4 is 57.5 Å². The molecule has 1 amide bonds. The monoisotopic (exact) mass is 837 g/mol. The SMILES string of the molecule is CCC1C[C@]1(CC(=O)[C@@H]1CC(Oc2cc(-c3csc(CC(C)C)n3)nc3c(Cl)c(OC)ccc23)CN1C(=O)[C@@H](CC(=O)OC1C[C@H]2CC[C@@H](C1)O2)C(C)(C)C)C(=O)O. The van der Waals surface area contributed by atoms with Gasteiger partial charge in [-0.2, -0.15) is 0 Å². The minimum absolute atomic E-state index is 0.0513. The van der Waals surface area contributed by atoms with Crippen molar-refractivity contribution in [1.82, 2.24) is 14.9 Å². The van der Waals surface area contributed by atoms with Crippen LogP contribution in [0.5, 0.6) is 11.5 Å². The number of aromatic nitrogens is 2. The van der Waals surface area contributed by atoms with Crippen LogP contribution in [0.1, 0.15) is 104 Å². The highest BCUT2D eigenvalue weighted by Crippen LogP contribution is 2.58. The van der Waals surface area contributed by atoms with E-state index in [0.29, 0.717) is 70.4 Å². The summed E-state index contributed by atoms with van der Waals surface area (Å²) >= 11 is 8.42. The number of ether oxygens (including phenoxy) is 4. The molecule has 58 heavy (non-hydrogen) atoms. The Hall–Kier alpha value is -3.81. The van der Waals surface area contributed by atoms with Crippen LogP contribution in [-0.4, -0.2) is 87.7 Å². The van der Waals surface area contributed by atoms with Gasteiger partial charge in [0, 0.05) is 48.9 Å². The summed E-state index contributed by atoms with van der Waals surface area (Å²) < 4.78 is 24.2. The molecule has 0 radical (unpaired) electrons. The van der Waals surface area contributed by atoms with Gasteiger partial charge in [-0.1, -0.05) is 59.6 Å². The summed E-state index contributed by atoms with van der Waals surface area (Å²) in [5.41, 5.74) is -0.141. The highest BCUT2D eigenvalue weighted by molar-refractivity contribution is 7.09. The number of esters is 1. The first-order chi connectivity index (χ1) is 27.5. The Bertz CT molecular complexity index is 2050. The van der Waals surface area contributed by atoms with E-state index in [1.165, 1.54) is 12.0 Å². The first-order valence-corrected chi connectivity index (χ1v) is 22.0. The lowest BCUT2D eigenvalue weighted by Crippen LogP contribution is -2.48. The van der Waals surface area contributed by atoms with Gasteiger partial charge in [-0.05, 0) is 48.6 Å². The van der Waals surface area contributed by atoms with Gasteiger partial charge in [0.2, 0.25) is 5.91 Å². The minimum Gasteiger partial charge on any atom is -0.495 e. The first-order valence-electron chi connectivity index (χ1n) is 20.7. The van der Waals surface area contributed by atoms with Crippen LogP contribution < -0.4 is 9.47 Å². The maximum atomic E-state index is 14.9. The molecule has 3 aliphatic heterocycles. The van der Waals surface area contributed by atoms with Crippen molar-refractivity contribution in [2.45, 2.75) is 136 Å². The van der Waals surface area contributed by atoms with E-state index in [9.17, 15) is 24.3 Å². The Morgan fingerprint density at radius 2 is 1.78 bits per heavy atom. The third-order valence-electron chi connectivity index (χ3n) is 12.6. The van der Waals surface area contributed by atoms with Crippen molar-refractivity contribution in [1.29, 1.82) is 0 Å². The molecule has 3 saturated heterocycles. The molecular weight excluding hydrogens is 782 g/mol. The van der Waals surface area contributed by atoms with Crippen LogP contribution in [0.4, 0.5) is 0 Å². The summed E-state index contributed by atoms with van der Waals surface area (Å²) in [6.07, 6.45) is 4.16. The molecule has 2 bridgehead atoms. The molecule has 0 spiro atoms. The number of carboxylic acids is 1. The average molecular weight is 838 g/mol. The number of pyridine rings is 1. The lowest BCUT2D eigenvalue weighted by atomic mass is 9.77. The number of aliphatic carboxylic acids is 1. The first kappa shape index (κ1) is 42.3. The smallest absolute Gasteiger partial charge is 0.310 e. The van der Waals surface area contributed by atoms with Crippen LogP contribution in [0.2, 0.25) is 5.02 Å².